The average Bonchev–Trinajstić information content (AvgIpc) is 2.33. The van der Waals surface area contributed by atoms with Crippen molar-refractivity contribution in [2.24, 2.45) is 0 Å². The molecule has 1 aromatic heterocycles. The van der Waals surface area contributed by atoms with Gasteiger partial charge >= 0.3 is 6.36 Å². The van der Waals surface area contributed by atoms with Crippen molar-refractivity contribution in [3.8, 4) is 5.88 Å². The molecule has 0 aliphatic heterocycles. The number of nitrogens with zero attached hydrogens (tertiary/aromatic N) is 3. The molecule has 0 bridgehead atoms. The van der Waals surface area contributed by atoms with Crippen LogP contribution in [0.5, 0.6) is 5.88 Å². The molecule has 4 nitrogen and oxygen atoms in total. The molecular weight excluding hydrogens is 283 g/mol. The summed E-state index contributed by atoms with van der Waals surface area (Å²) in [5.74, 6) is 0.569. The Labute approximate surface area is 114 Å². The van der Waals surface area contributed by atoms with Crippen LogP contribution in [0.1, 0.15) is 19.3 Å². The van der Waals surface area contributed by atoms with Crippen LogP contribution < -0.4 is 9.64 Å². The van der Waals surface area contributed by atoms with E-state index in [0.29, 0.717) is 11.7 Å². The fraction of sp³-hybridized carbons (Fsp3) is 0.636. The molecule has 0 aromatic carbocycles. The van der Waals surface area contributed by atoms with Gasteiger partial charge in [-0.3, -0.25) is 0 Å². The van der Waals surface area contributed by atoms with Gasteiger partial charge in [0.15, 0.2) is 0 Å². The third-order valence-electron chi connectivity index (χ3n) is 2.35. The first-order chi connectivity index (χ1) is 8.92. The van der Waals surface area contributed by atoms with E-state index in [0.717, 1.165) is 32.0 Å². The summed E-state index contributed by atoms with van der Waals surface area (Å²) in [6.45, 7) is 0.741. The van der Waals surface area contributed by atoms with E-state index in [9.17, 15) is 13.2 Å². The molecule has 0 spiro atoms. The summed E-state index contributed by atoms with van der Waals surface area (Å²) in [6, 6.07) is 0. The molecule has 1 heterocycles. The lowest BCUT2D eigenvalue weighted by atomic mass is 10.2. The van der Waals surface area contributed by atoms with Gasteiger partial charge in [-0.25, -0.2) is 9.97 Å². The Morgan fingerprint density at radius 1 is 1.21 bits per heavy atom. The number of rotatable bonds is 7. The predicted octanol–water partition coefficient (Wildman–Crippen LogP) is 3.22. The molecule has 1 rings (SSSR count). The standard InChI is InChI=1S/C11H15ClF3N3O/c1-18(6-4-2-3-5-12)9-7-17-10(8-16-9)19-11(13,14)15/h7-8H,2-6H2,1H3. The maximum atomic E-state index is 11.9. The van der Waals surface area contributed by atoms with E-state index < -0.39 is 12.2 Å². The summed E-state index contributed by atoms with van der Waals surface area (Å²) in [5, 5.41) is 0. The Bertz CT molecular complexity index is 372. The summed E-state index contributed by atoms with van der Waals surface area (Å²) in [4.78, 5) is 9.25. The Balaban J connectivity index is 2.46. The maximum absolute atomic E-state index is 11.9. The minimum absolute atomic E-state index is 0.500. The fourth-order valence-corrected chi connectivity index (χ4v) is 1.60. The number of anilines is 1. The van der Waals surface area contributed by atoms with Crippen molar-refractivity contribution in [3.63, 3.8) is 0 Å². The number of hydrogen-bond acceptors (Lipinski definition) is 4. The highest BCUT2D eigenvalue weighted by molar-refractivity contribution is 6.17. The average molecular weight is 298 g/mol. The Morgan fingerprint density at radius 2 is 1.95 bits per heavy atom. The SMILES string of the molecule is CN(CCCCCCl)c1cnc(OC(F)(F)F)cn1. The molecule has 0 N–H and O–H groups in total. The highest BCUT2D eigenvalue weighted by atomic mass is 35.5. The normalized spacial score (nSPS) is 11.4. The molecule has 1 aromatic rings. The first kappa shape index (κ1) is 15.8. The van der Waals surface area contributed by atoms with Crippen molar-refractivity contribution in [2.45, 2.75) is 25.6 Å². The van der Waals surface area contributed by atoms with E-state index in [4.69, 9.17) is 11.6 Å². The molecule has 8 heteroatoms. The molecule has 0 radical (unpaired) electrons. The first-order valence-electron chi connectivity index (χ1n) is 5.77. The van der Waals surface area contributed by atoms with Crippen molar-refractivity contribution >= 4 is 17.4 Å². The minimum atomic E-state index is -4.75. The lowest BCUT2D eigenvalue weighted by molar-refractivity contribution is -0.276. The second kappa shape index (κ2) is 7.37. The number of unbranched alkanes of at least 4 members (excludes halogenated alkanes) is 2. The number of halogens is 4. The van der Waals surface area contributed by atoms with Gasteiger partial charge < -0.3 is 9.64 Å². The summed E-state index contributed by atoms with van der Waals surface area (Å²) < 4.78 is 39.4. The largest absolute Gasteiger partial charge is 0.574 e. The number of alkyl halides is 4. The number of ether oxygens (including phenoxy) is 1. The number of aromatic nitrogens is 2. The van der Waals surface area contributed by atoms with Gasteiger partial charge in [-0.05, 0) is 12.8 Å². The quantitative estimate of drug-likeness (QED) is 0.572. The highest BCUT2D eigenvalue weighted by Gasteiger charge is 2.31. The van der Waals surface area contributed by atoms with Crippen LogP contribution in [0.2, 0.25) is 0 Å². The smallest absolute Gasteiger partial charge is 0.386 e. The number of hydrogen-bond donors (Lipinski definition) is 0. The molecule has 19 heavy (non-hydrogen) atoms. The maximum Gasteiger partial charge on any atom is 0.574 e. The Kier molecular flexibility index (Phi) is 6.14. The van der Waals surface area contributed by atoms with Gasteiger partial charge in [0.1, 0.15) is 5.82 Å². The Hall–Kier alpha value is -1.24. The highest BCUT2D eigenvalue weighted by Crippen LogP contribution is 2.20. The van der Waals surface area contributed by atoms with E-state index >= 15 is 0 Å². The van der Waals surface area contributed by atoms with Crippen LogP contribution in [0.3, 0.4) is 0 Å². The zero-order chi connectivity index (χ0) is 14.3. The van der Waals surface area contributed by atoms with Crippen LogP contribution in [-0.4, -0.2) is 35.8 Å². The molecule has 0 aliphatic carbocycles. The second-order valence-electron chi connectivity index (χ2n) is 3.93. The van der Waals surface area contributed by atoms with Crippen molar-refractivity contribution in [1.29, 1.82) is 0 Å². The van der Waals surface area contributed by atoms with Crippen LogP contribution >= 0.6 is 11.6 Å². The second-order valence-corrected chi connectivity index (χ2v) is 4.31. The molecule has 0 aliphatic rings. The van der Waals surface area contributed by atoms with Crippen LogP contribution in [-0.2, 0) is 0 Å². The van der Waals surface area contributed by atoms with Gasteiger partial charge in [0.05, 0.1) is 12.4 Å². The molecule has 0 saturated carbocycles. The van der Waals surface area contributed by atoms with E-state index in [2.05, 4.69) is 14.7 Å². The van der Waals surface area contributed by atoms with Gasteiger partial charge in [0, 0.05) is 19.5 Å². The lowest BCUT2D eigenvalue weighted by Gasteiger charge is -2.17. The fourth-order valence-electron chi connectivity index (χ4n) is 1.41. The third-order valence-corrected chi connectivity index (χ3v) is 2.62. The summed E-state index contributed by atoms with van der Waals surface area (Å²) in [5.41, 5.74) is 0. The monoisotopic (exact) mass is 297 g/mol. The molecule has 0 unspecified atom stereocenters. The minimum Gasteiger partial charge on any atom is -0.386 e. The van der Waals surface area contributed by atoms with E-state index in [-0.39, 0.29) is 0 Å². The molecule has 0 fully saturated rings. The topological polar surface area (TPSA) is 38.2 Å². The van der Waals surface area contributed by atoms with E-state index in [1.807, 2.05) is 4.90 Å². The van der Waals surface area contributed by atoms with E-state index in [1.54, 1.807) is 7.05 Å². The van der Waals surface area contributed by atoms with E-state index in [1.165, 1.54) is 6.20 Å². The molecular formula is C11H15ClF3N3O. The van der Waals surface area contributed by atoms with Crippen LogP contribution in [0.25, 0.3) is 0 Å². The van der Waals surface area contributed by atoms with Crippen molar-refractivity contribution in [1.82, 2.24) is 9.97 Å². The van der Waals surface area contributed by atoms with Crippen molar-refractivity contribution < 1.29 is 17.9 Å². The third kappa shape index (κ3) is 6.47. The lowest BCUT2D eigenvalue weighted by Crippen LogP contribution is -2.21. The van der Waals surface area contributed by atoms with Crippen LogP contribution in [0, 0.1) is 0 Å². The summed E-state index contributed by atoms with van der Waals surface area (Å²) >= 11 is 5.56. The van der Waals surface area contributed by atoms with Gasteiger partial charge in [0.2, 0.25) is 5.88 Å². The molecule has 0 atom stereocenters. The predicted molar refractivity (Wildman–Crippen MR) is 66.6 cm³/mol. The molecule has 108 valence electrons. The van der Waals surface area contributed by atoms with Crippen LogP contribution in [0.4, 0.5) is 19.0 Å². The Morgan fingerprint density at radius 3 is 2.47 bits per heavy atom. The van der Waals surface area contributed by atoms with Gasteiger partial charge in [-0.2, -0.15) is 0 Å². The van der Waals surface area contributed by atoms with Gasteiger partial charge in [-0.1, -0.05) is 6.42 Å². The van der Waals surface area contributed by atoms with Gasteiger partial charge in [0.25, 0.3) is 0 Å². The molecule has 0 amide bonds. The zero-order valence-electron chi connectivity index (χ0n) is 10.5. The summed E-state index contributed by atoms with van der Waals surface area (Å²) in [6.07, 6.45) is 0.339. The van der Waals surface area contributed by atoms with Crippen molar-refractivity contribution in [3.05, 3.63) is 12.4 Å². The van der Waals surface area contributed by atoms with Crippen molar-refractivity contribution in [2.75, 3.05) is 24.4 Å². The van der Waals surface area contributed by atoms with Crippen LogP contribution in [0.15, 0.2) is 12.4 Å². The molecule has 0 saturated heterocycles. The summed E-state index contributed by atoms with van der Waals surface area (Å²) in [7, 11) is 1.80. The zero-order valence-corrected chi connectivity index (χ0v) is 11.2. The van der Waals surface area contributed by atoms with Gasteiger partial charge in [-0.15, -0.1) is 24.8 Å². The first-order valence-corrected chi connectivity index (χ1v) is 6.30.